The normalized spacial score (nSPS) is 11.3. The van der Waals surface area contributed by atoms with Crippen LogP contribution in [0.15, 0.2) is 65.8 Å². The Hall–Kier alpha value is -2.94. The van der Waals surface area contributed by atoms with Crippen molar-refractivity contribution in [2.75, 3.05) is 11.1 Å². The summed E-state index contributed by atoms with van der Waals surface area (Å²) >= 11 is 0.736. The molecule has 0 aliphatic rings. The van der Waals surface area contributed by atoms with Crippen molar-refractivity contribution in [3.8, 4) is 11.3 Å². The maximum Gasteiger partial charge on any atom is 0.433 e. The molecule has 0 saturated carbocycles. The van der Waals surface area contributed by atoms with Gasteiger partial charge in [-0.3, -0.25) is 4.79 Å². The second-order valence-electron chi connectivity index (χ2n) is 5.60. The van der Waals surface area contributed by atoms with E-state index in [0.29, 0.717) is 5.56 Å². The maximum absolute atomic E-state index is 13.6. The zero-order valence-corrected chi connectivity index (χ0v) is 15.0. The van der Waals surface area contributed by atoms with Gasteiger partial charge in [0, 0.05) is 5.56 Å². The number of amides is 1. The summed E-state index contributed by atoms with van der Waals surface area (Å²) in [5.41, 5.74) is -0.519. The summed E-state index contributed by atoms with van der Waals surface area (Å²) in [5.74, 6) is -1.47. The molecule has 0 unspecified atom stereocenters. The van der Waals surface area contributed by atoms with Gasteiger partial charge in [-0.2, -0.15) is 13.2 Å². The number of rotatable bonds is 5. The number of hydrogen-bond acceptors (Lipinski definition) is 4. The Balaban J connectivity index is 1.79. The monoisotopic (exact) mass is 407 g/mol. The topological polar surface area (TPSA) is 54.9 Å². The second kappa shape index (κ2) is 8.39. The average molecular weight is 407 g/mol. The van der Waals surface area contributed by atoms with E-state index in [2.05, 4.69) is 15.3 Å². The third-order valence-corrected chi connectivity index (χ3v) is 4.39. The number of aromatic nitrogens is 2. The molecule has 0 saturated heterocycles. The highest BCUT2D eigenvalue weighted by Crippen LogP contribution is 2.32. The molecule has 1 amide bonds. The highest BCUT2D eigenvalue weighted by atomic mass is 32.2. The predicted octanol–water partition coefficient (Wildman–Crippen LogP) is 5.03. The van der Waals surface area contributed by atoms with Gasteiger partial charge in [0.2, 0.25) is 5.91 Å². The number of thioether (sulfide) groups is 1. The lowest BCUT2D eigenvalue weighted by atomic mass is 10.1. The van der Waals surface area contributed by atoms with Crippen molar-refractivity contribution < 1.29 is 22.4 Å². The summed E-state index contributed by atoms with van der Waals surface area (Å²) in [6.45, 7) is 0. The lowest BCUT2D eigenvalue weighted by molar-refractivity contribution is -0.141. The van der Waals surface area contributed by atoms with Crippen LogP contribution in [-0.2, 0) is 11.0 Å². The van der Waals surface area contributed by atoms with Gasteiger partial charge < -0.3 is 5.32 Å². The number of carbonyl (C=O) groups is 1. The van der Waals surface area contributed by atoms with Crippen LogP contribution in [0.5, 0.6) is 0 Å². The van der Waals surface area contributed by atoms with Crippen molar-refractivity contribution in [1.29, 1.82) is 0 Å². The molecule has 0 atom stereocenters. The Morgan fingerprint density at radius 3 is 2.36 bits per heavy atom. The molecule has 1 heterocycles. The fourth-order valence-corrected chi connectivity index (χ4v) is 2.93. The van der Waals surface area contributed by atoms with Gasteiger partial charge in [0.05, 0.1) is 17.1 Å². The number of carbonyl (C=O) groups excluding carboxylic acids is 1. The molecule has 4 nitrogen and oxygen atoms in total. The highest BCUT2D eigenvalue weighted by molar-refractivity contribution is 7.99. The standard InChI is InChI=1S/C19H13F4N3OS/c20-13-8-4-5-9-14(13)24-17(27)11-28-18-25-15(12-6-2-1-3-7-12)10-16(26-18)19(21,22)23/h1-10H,11H2,(H,24,27). The number of para-hydroxylation sites is 1. The Morgan fingerprint density at radius 1 is 1.00 bits per heavy atom. The summed E-state index contributed by atoms with van der Waals surface area (Å²) in [7, 11) is 0. The minimum atomic E-state index is -4.66. The van der Waals surface area contributed by atoms with E-state index in [1.807, 2.05) is 0 Å². The Bertz CT molecular complexity index is 980. The molecule has 1 N–H and O–H groups in total. The number of benzene rings is 2. The van der Waals surface area contributed by atoms with Crippen LogP contribution in [0, 0.1) is 5.82 Å². The molecule has 3 aromatic rings. The minimum Gasteiger partial charge on any atom is -0.323 e. The van der Waals surface area contributed by atoms with Crippen LogP contribution in [0.25, 0.3) is 11.3 Å². The SMILES string of the molecule is O=C(CSc1nc(-c2ccccc2)cc(C(F)(F)F)n1)Nc1ccccc1F. The van der Waals surface area contributed by atoms with Gasteiger partial charge in [0.15, 0.2) is 5.16 Å². The molecule has 0 spiro atoms. The molecular weight excluding hydrogens is 394 g/mol. The van der Waals surface area contributed by atoms with Gasteiger partial charge in [0.25, 0.3) is 0 Å². The van der Waals surface area contributed by atoms with E-state index in [1.165, 1.54) is 18.2 Å². The predicted molar refractivity (Wildman–Crippen MR) is 98.2 cm³/mol. The van der Waals surface area contributed by atoms with E-state index in [-0.39, 0.29) is 22.3 Å². The van der Waals surface area contributed by atoms with Crippen LogP contribution in [-0.4, -0.2) is 21.6 Å². The van der Waals surface area contributed by atoms with Crippen LogP contribution in [0.3, 0.4) is 0 Å². The first-order valence-corrected chi connectivity index (χ1v) is 9.00. The zero-order chi connectivity index (χ0) is 20.1. The molecule has 0 aliphatic heterocycles. The van der Waals surface area contributed by atoms with Gasteiger partial charge in [-0.05, 0) is 18.2 Å². The van der Waals surface area contributed by atoms with Gasteiger partial charge in [0.1, 0.15) is 11.5 Å². The van der Waals surface area contributed by atoms with Gasteiger partial charge in [-0.1, -0.05) is 54.2 Å². The first kappa shape index (κ1) is 19.8. The minimum absolute atomic E-state index is 0.0111. The fraction of sp³-hybridized carbons (Fsp3) is 0.105. The van der Waals surface area contributed by atoms with Crippen LogP contribution < -0.4 is 5.32 Å². The molecule has 0 fully saturated rings. The smallest absolute Gasteiger partial charge is 0.323 e. The van der Waals surface area contributed by atoms with E-state index in [1.54, 1.807) is 36.4 Å². The van der Waals surface area contributed by atoms with Crippen molar-refractivity contribution >= 4 is 23.4 Å². The first-order valence-electron chi connectivity index (χ1n) is 8.02. The van der Waals surface area contributed by atoms with E-state index in [4.69, 9.17) is 0 Å². The van der Waals surface area contributed by atoms with Crippen molar-refractivity contribution in [2.24, 2.45) is 0 Å². The van der Waals surface area contributed by atoms with E-state index in [9.17, 15) is 22.4 Å². The summed E-state index contributed by atoms with van der Waals surface area (Å²) in [4.78, 5) is 19.6. The first-order chi connectivity index (χ1) is 13.3. The zero-order valence-electron chi connectivity index (χ0n) is 14.2. The molecule has 1 aromatic heterocycles. The molecule has 0 radical (unpaired) electrons. The number of alkyl halides is 3. The number of hydrogen-bond donors (Lipinski definition) is 1. The third-order valence-electron chi connectivity index (χ3n) is 3.55. The molecular formula is C19H13F4N3OS. The number of anilines is 1. The summed E-state index contributed by atoms with van der Waals surface area (Å²) in [6, 6.07) is 14.8. The van der Waals surface area contributed by atoms with E-state index < -0.39 is 23.6 Å². The molecule has 28 heavy (non-hydrogen) atoms. The molecule has 0 bridgehead atoms. The van der Waals surface area contributed by atoms with Crippen LogP contribution in [0.1, 0.15) is 5.69 Å². The van der Waals surface area contributed by atoms with Crippen molar-refractivity contribution in [3.63, 3.8) is 0 Å². The van der Waals surface area contributed by atoms with Crippen molar-refractivity contribution in [1.82, 2.24) is 9.97 Å². The number of halogens is 4. The Labute approximate surface area is 162 Å². The van der Waals surface area contributed by atoms with Crippen LogP contribution in [0.2, 0.25) is 0 Å². The molecule has 3 rings (SSSR count). The molecule has 144 valence electrons. The second-order valence-corrected chi connectivity index (χ2v) is 6.54. The van der Waals surface area contributed by atoms with Gasteiger partial charge in [-0.25, -0.2) is 14.4 Å². The summed E-state index contributed by atoms with van der Waals surface area (Å²) in [5, 5.41) is 2.16. The highest BCUT2D eigenvalue weighted by Gasteiger charge is 2.34. The lowest BCUT2D eigenvalue weighted by Crippen LogP contribution is -2.16. The average Bonchev–Trinajstić information content (AvgIpc) is 2.68. The Morgan fingerprint density at radius 2 is 1.68 bits per heavy atom. The number of nitrogens with one attached hydrogen (secondary N) is 1. The van der Waals surface area contributed by atoms with Crippen molar-refractivity contribution in [2.45, 2.75) is 11.3 Å². The fourth-order valence-electron chi connectivity index (χ4n) is 2.27. The molecule has 0 aliphatic carbocycles. The largest absolute Gasteiger partial charge is 0.433 e. The lowest BCUT2D eigenvalue weighted by Gasteiger charge is -2.10. The summed E-state index contributed by atoms with van der Waals surface area (Å²) in [6.07, 6.45) is -4.66. The van der Waals surface area contributed by atoms with Gasteiger partial charge >= 0.3 is 6.18 Å². The van der Waals surface area contributed by atoms with Crippen molar-refractivity contribution in [3.05, 3.63) is 72.2 Å². The quantitative estimate of drug-likeness (QED) is 0.366. The third kappa shape index (κ3) is 5.07. The molecule has 9 heteroatoms. The van der Waals surface area contributed by atoms with E-state index >= 15 is 0 Å². The van der Waals surface area contributed by atoms with Crippen LogP contribution in [0.4, 0.5) is 23.2 Å². The van der Waals surface area contributed by atoms with E-state index in [0.717, 1.165) is 17.8 Å². The Kier molecular flexibility index (Phi) is 5.93. The number of nitrogens with zero attached hydrogens (tertiary/aromatic N) is 2. The molecule has 2 aromatic carbocycles. The summed E-state index contributed by atoms with van der Waals surface area (Å²) < 4.78 is 53.1. The van der Waals surface area contributed by atoms with Crippen LogP contribution >= 0.6 is 11.8 Å². The van der Waals surface area contributed by atoms with Gasteiger partial charge in [-0.15, -0.1) is 0 Å². The maximum atomic E-state index is 13.6.